The molecule has 66 valence electrons. The maximum absolute atomic E-state index is 11.0. The Hall–Kier alpha value is -1.52. The Bertz CT molecular complexity index is 293. The second kappa shape index (κ2) is 3.25. The highest BCUT2D eigenvalue weighted by molar-refractivity contribution is 5.73. The minimum Gasteiger partial charge on any atom is -0.451 e. The number of anilines is 1. The summed E-state index contributed by atoms with van der Waals surface area (Å²) in [5, 5.41) is 3.92. The molecule has 2 N–H and O–H groups in total. The molecule has 0 bridgehead atoms. The Morgan fingerprint density at radius 2 is 2.50 bits per heavy atom. The molecule has 1 rings (SSSR count). The highest BCUT2D eigenvalue weighted by Crippen LogP contribution is 2.06. The molecule has 12 heavy (non-hydrogen) atoms. The van der Waals surface area contributed by atoms with Crippen LogP contribution in [-0.2, 0) is 11.2 Å². The highest BCUT2D eigenvalue weighted by atomic mass is 16.5. The zero-order valence-electron chi connectivity index (χ0n) is 7.07. The van der Waals surface area contributed by atoms with Crippen molar-refractivity contribution in [2.45, 2.75) is 13.3 Å². The van der Waals surface area contributed by atoms with Gasteiger partial charge in [-0.3, -0.25) is 0 Å². The molecule has 0 aliphatic heterocycles. The molecule has 5 heteroatoms. The first-order chi connectivity index (χ1) is 5.69. The Morgan fingerprint density at radius 1 is 1.83 bits per heavy atom. The standard InChI is InChI=1S/C7H11N3O2/c1-3-5-4-6(8)10(9-5)7(11)12-2/h4H,3,8H2,1-2H3. The quantitative estimate of drug-likeness (QED) is 0.669. The molecule has 0 aromatic carbocycles. The van der Waals surface area contributed by atoms with Crippen molar-refractivity contribution in [2.75, 3.05) is 12.8 Å². The number of hydrogen-bond acceptors (Lipinski definition) is 4. The Kier molecular flexibility index (Phi) is 2.32. The van der Waals surface area contributed by atoms with Crippen LogP contribution in [0.1, 0.15) is 12.6 Å². The van der Waals surface area contributed by atoms with Crippen LogP contribution in [0.15, 0.2) is 6.07 Å². The molecule has 0 saturated carbocycles. The predicted molar refractivity (Wildman–Crippen MR) is 43.8 cm³/mol. The molecule has 5 nitrogen and oxygen atoms in total. The highest BCUT2D eigenvalue weighted by Gasteiger charge is 2.10. The third-order valence-electron chi connectivity index (χ3n) is 1.50. The monoisotopic (exact) mass is 169 g/mol. The van der Waals surface area contributed by atoms with Crippen molar-refractivity contribution in [1.29, 1.82) is 0 Å². The van der Waals surface area contributed by atoms with Gasteiger partial charge in [-0.05, 0) is 6.42 Å². The average molecular weight is 169 g/mol. The van der Waals surface area contributed by atoms with E-state index in [-0.39, 0.29) is 0 Å². The third kappa shape index (κ3) is 1.39. The van der Waals surface area contributed by atoms with E-state index < -0.39 is 6.09 Å². The van der Waals surface area contributed by atoms with E-state index in [0.29, 0.717) is 5.82 Å². The van der Waals surface area contributed by atoms with Gasteiger partial charge in [-0.2, -0.15) is 5.10 Å². The smallest absolute Gasteiger partial charge is 0.436 e. The van der Waals surface area contributed by atoms with Gasteiger partial charge in [-0.15, -0.1) is 4.68 Å². The van der Waals surface area contributed by atoms with E-state index in [4.69, 9.17) is 5.73 Å². The lowest BCUT2D eigenvalue weighted by Crippen LogP contribution is -2.15. The van der Waals surface area contributed by atoms with Crippen molar-refractivity contribution in [3.8, 4) is 0 Å². The van der Waals surface area contributed by atoms with Crippen LogP contribution in [0.25, 0.3) is 0 Å². The zero-order valence-corrected chi connectivity index (χ0v) is 7.07. The number of rotatable bonds is 1. The first kappa shape index (κ1) is 8.58. The van der Waals surface area contributed by atoms with E-state index in [0.717, 1.165) is 16.8 Å². The molecule has 0 fully saturated rings. The second-order valence-corrected chi connectivity index (χ2v) is 2.30. The van der Waals surface area contributed by atoms with Crippen LogP contribution in [0.3, 0.4) is 0 Å². The molecule has 0 amide bonds. The summed E-state index contributed by atoms with van der Waals surface area (Å²) in [7, 11) is 1.29. The molecule has 1 heterocycles. The lowest BCUT2D eigenvalue weighted by molar-refractivity contribution is 0.169. The second-order valence-electron chi connectivity index (χ2n) is 2.30. The molecule has 0 atom stereocenters. The number of carbonyl (C=O) groups is 1. The van der Waals surface area contributed by atoms with Crippen LogP contribution in [0, 0.1) is 0 Å². The van der Waals surface area contributed by atoms with E-state index >= 15 is 0 Å². The van der Waals surface area contributed by atoms with E-state index in [9.17, 15) is 4.79 Å². The Morgan fingerprint density at radius 3 is 2.92 bits per heavy atom. The van der Waals surface area contributed by atoms with Crippen molar-refractivity contribution in [1.82, 2.24) is 9.78 Å². The van der Waals surface area contributed by atoms with E-state index in [1.807, 2.05) is 6.92 Å². The molecule has 1 aromatic heterocycles. The summed E-state index contributed by atoms with van der Waals surface area (Å²) in [4.78, 5) is 11.0. The number of aryl methyl sites for hydroxylation is 1. The number of hydrogen-bond donors (Lipinski definition) is 1. The number of aromatic nitrogens is 2. The van der Waals surface area contributed by atoms with E-state index in [1.54, 1.807) is 6.07 Å². The van der Waals surface area contributed by atoms with Crippen molar-refractivity contribution >= 4 is 11.9 Å². The predicted octanol–water partition coefficient (Wildman–Crippen LogP) is 0.642. The number of nitrogens with two attached hydrogens (primary N) is 1. The zero-order chi connectivity index (χ0) is 9.14. The number of ether oxygens (including phenoxy) is 1. The normalized spacial score (nSPS) is 9.83. The molecule has 0 unspecified atom stereocenters. The van der Waals surface area contributed by atoms with Gasteiger partial charge in [-0.25, -0.2) is 4.79 Å². The molecular formula is C7H11N3O2. The van der Waals surface area contributed by atoms with Crippen LogP contribution in [-0.4, -0.2) is 23.0 Å². The molecule has 0 aliphatic rings. The van der Waals surface area contributed by atoms with Crippen LogP contribution >= 0.6 is 0 Å². The summed E-state index contributed by atoms with van der Waals surface area (Å²) >= 11 is 0. The summed E-state index contributed by atoms with van der Waals surface area (Å²) in [6.07, 6.45) is 0.181. The molecule has 0 spiro atoms. The van der Waals surface area contributed by atoms with Crippen molar-refractivity contribution < 1.29 is 9.53 Å². The van der Waals surface area contributed by atoms with Gasteiger partial charge < -0.3 is 10.5 Å². The minimum absolute atomic E-state index is 0.304. The summed E-state index contributed by atoms with van der Waals surface area (Å²) < 4.78 is 5.50. The maximum atomic E-state index is 11.0. The topological polar surface area (TPSA) is 70.1 Å². The first-order valence-corrected chi connectivity index (χ1v) is 3.61. The van der Waals surface area contributed by atoms with Gasteiger partial charge in [0.2, 0.25) is 0 Å². The summed E-state index contributed by atoms with van der Waals surface area (Å²) in [5.41, 5.74) is 6.27. The molecule has 1 aromatic rings. The number of methoxy groups -OCH3 is 1. The van der Waals surface area contributed by atoms with Gasteiger partial charge in [0.15, 0.2) is 0 Å². The molecule has 0 aliphatic carbocycles. The van der Waals surface area contributed by atoms with Crippen LogP contribution in [0.4, 0.5) is 10.6 Å². The molecule has 0 saturated heterocycles. The van der Waals surface area contributed by atoms with E-state index in [2.05, 4.69) is 9.84 Å². The Labute approximate surface area is 70.1 Å². The molecular weight excluding hydrogens is 158 g/mol. The summed E-state index contributed by atoms with van der Waals surface area (Å²) in [6.45, 7) is 1.93. The fourth-order valence-electron chi connectivity index (χ4n) is 0.852. The van der Waals surface area contributed by atoms with Gasteiger partial charge in [0.1, 0.15) is 5.82 Å². The third-order valence-corrected chi connectivity index (χ3v) is 1.50. The van der Waals surface area contributed by atoms with Gasteiger partial charge in [-0.1, -0.05) is 6.92 Å². The lowest BCUT2D eigenvalue weighted by atomic mass is 10.3. The first-order valence-electron chi connectivity index (χ1n) is 3.61. The summed E-state index contributed by atoms with van der Waals surface area (Å²) in [6, 6.07) is 1.65. The minimum atomic E-state index is -0.563. The van der Waals surface area contributed by atoms with Crippen molar-refractivity contribution in [3.05, 3.63) is 11.8 Å². The lowest BCUT2D eigenvalue weighted by Gasteiger charge is -1.98. The number of nitrogen functional groups attached to an aromatic ring is 1. The van der Waals surface area contributed by atoms with Crippen LogP contribution in [0.5, 0.6) is 0 Å². The van der Waals surface area contributed by atoms with Crippen LogP contribution in [0.2, 0.25) is 0 Å². The molecule has 0 radical (unpaired) electrons. The number of nitrogens with zero attached hydrogens (tertiary/aromatic N) is 2. The van der Waals surface area contributed by atoms with Gasteiger partial charge in [0.25, 0.3) is 0 Å². The average Bonchev–Trinajstić information content (AvgIpc) is 2.45. The van der Waals surface area contributed by atoms with Crippen molar-refractivity contribution in [2.24, 2.45) is 0 Å². The van der Waals surface area contributed by atoms with Gasteiger partial charge in [0, 0.05) is 6.07 Å². The largest absolute Gasteiger partial charge is 0.451 e. The van der Waals surface area contributed by atoms with Gasteiger partial charge >= 0.3 is 6.09 Å². The van der Waals surface area contributed by atoms with Gasteiger partial charge in [0.05, 0.1) is 12.8 Å². The maximum Gasteiger partial charge on any atom is 0.436 e. The fourth-order valence-corrected chi connectivity index (χ4v) is 0.852. The number of carbonyl (C=O) groups excluding carboxylic acids is 1. The fraction of sp³-hybridized carbons (Fsp3) is 0.429. The SMILES string of the molecule is CCc1cc(N)n(C(=O)OC)n1. The Balaban J connectivity index is 2.99. The van der Waals surface area contributed by atoms with Crippen LogP contribution < -0.4 is 5.73 Å². The van der Waals surface area contributed by atoms with Crippen molar-refractivity contribution in [3.63, 3.8) is 0 Å². The summed E-state index contributed by atoms with van der Waals surface area (Å²) in [5.74, 6) is 0.304. The van der Waals surface area contributed by atoms with E-state index in [1.165, 1.54) is 7.11 Å².